The lowest BCUT2D eigenvalue weighted by Gasteiger charge is -2.26. The molecule has 2 heteroatoms. The minimum Gasteiger partial charge on any atom is -0.478 e. The fourth-order valence-corrected chi connectivity index (χ4v) is 2.00. The first kappa shape index (κ1) is 16.4. The lowest BCUT2D eigenvalue weighted by molar-refractivity contribution is -0.133. The van der Waals surface area contributed by atoms with E-state index >= 15 is 0 Å². The Hall–Kier alpha value is -2.61. The fourth-order valence-electron chi connectivity index (χ4n) is 2.00. The van der Waals surface area contributed by atoms with Crippen LogP contribution in [0.5, 0.6) is 0 Å². The first-order chi connectivity index (χ1) is 10.1. The van der Waals surface area contributed by atoms with Gasteiger partial charge < -0.3 is 5.11 Å². The third kappa shape index (κ3) is 4.46. The van der Waals surface area contributed by atoms with Crippen molar-refractivity contribution in [2.75, 3.05) is 0 Å². The van der Waals surface area contributed by atoms with Crippen molar-refractivity contribution in [2.45, 2.75) is 6.42 Å². The van der Waals surface area contributed by atoms with Crippen molar-refractivity contribution in [1.82, 2.24) is 0 Å². The third-order valence-electron chi connectivity index (χ3n) is 3.20. The van der Waals surface area contributed by atoms with E-state index in [9.17, 15) is 9.90 Å². The number of aliphatic carboxylic acids is 1. The highest BCUT2D eigenvalue weighted by atomic mass is 16.4. The number of allylic oxidation sites excluding steroid dienone is 5. The van der Waals surface area contributed by atoms with Crippen molar-refractivity contribution in [2.24, 2.45) is 5.41 Å². The van der Waals surface area contributed by atoms with Gasteiger partial charge in [0.15, 0.2) is 0 Å². The molecule has 1 aromatic carbocycles. The molecule has 0 radical (unpaired) electrons. The fraction of sp³-hybridized carbons (Fsp3) is 0.105. The van der Waals surface area contributed by atoms with E-state index < -0.39 is 11.4 Å². The van der Waals surface area contributed by atoms with Gasteiger partial charge in [-0.25, -0.2) is 4.79 Å². The number of benzene rings is 1. The van der Waals surface area contributed by atoms with E-state index in [0.29, 0.717) is 6.42 Å². The van der Waals surface area contributed by atoms with E-state index in [1.165, 1.54) is 0 Å². The summed E-state index contributed by atoms with van der Waals surface area (Å²) in [6, 6.07) is 9.70. The monoisotopic (exact) mass is 280 g/mol. The highest BCUT2D eigenvalue weighted by Crippen LogP contribution is 2.35. The van der Waals surface area contributed by atoms with E-state index in [2.05, 4.69) is 19.7 Å². The summed E-state index contributed by atoms with van der Waals surface area (Å²) in [6.45, 7) is 11.1. The molecule has 1 aromatic rings. The molecule has 0 saturated carbocycles. The van der Waals surface area contributed by atoms with Crippen molar-refractivity contribution in [3.8, 4) is 0 Å². The second kappa shape index (κ2) is 7.85. The topological polar surface area (TPSA) is 37.3 Å². The van der Waals surface area contributed by atoms with Crippen LogP contribution < -0.4 is 0 Å². The zero-order valence-corrected chi connectivity index (χ0v) is 12.0. The molecular weight excluding hydrogens is 260 g/mol. The van der Waals surface area contributed by atoms with Crippen LogP contribution in [-0.4, -0.2) is 11.1 Å². The van der Waals surface area contributed by atoms with Gasteiger partial charge in [0.1, 0.15) is 0 Å². The molecule has 0 amide bonds. The molecule has 0 fully saturated rings. The van der Waals surface area contributed by atoms with E-state index in [-0.39, 0.29) is 5.57 Å². The molecule has 0 aliphatic heterocycles. The highest BCUT2D eigenvalue weighted by Gasteiger charge is 2.30. The van der Waals surface area contributed by atoms with E-state index in [1.807, 2.05) is 42.5 Å². The standard InChI is InChI=1S/C19H20O2/c1-4-6-14-19(13-5-2,16(3)18(20)21)15-12-17-10-8-7-9-11-17/h4-12,14-15H,1-3,13H2,(H,20,21). The SMILES string of the molecule is C=CC=CC(C=Cc1ccccc1)(CC=C)C(=C)C(=O)O. The predicted molar refractivity (Wildman–Crippen MR) is 88.8 cm³/mol. The first-order valence-corrected chi connectivity index (χ1v) is 6.64. The number of hydrogen-bond acceptors (Lipinski definition) is 1. The summed E-state index contributed by atoms with van der Waals surface area (Å²) in [7, 11) is 0. The molecule has 0 heterocycles. The summed E-state index contributed by atoms with van der Waals surface area (Å²) in [5.41, 5.74) is 0.293. The smallest absolute Gasteiger partial charge is 0.332 e. The first-order valence-electron chi connectivity index (χ1n) is 6.64. The number of carboxylic acids is 1. The summed E-state index contributed by atoms with van der Waals surface area (Å²) in [5.74, 6) is -1.02. The normalized spacial score (nSPS) is 13.9. The number of carboxylic acid groups (broad SMARTS) is 1. The van der Waals surface area contributed by atoms with Crippen LogP contribution in [0.4, 0.5) is 0 Å². The van der Waals surface area contributed by atoms with Crippen LogP contribution in [0, 0.1) is 5.41 Å². The number of hydrogen-bond donors (Lipinski definition) is 1. The molecule has 1 N–H and O–H groups in total. The van der Waals surface area contributed by atoms with Crippen molar-refractivity contribution in [1.29, 1.82) is 0 Å². The van der Waals surface area contributed by atoms with Crippen LogP contribution in [0.2, 0.25) is 0 Å². The van der Waals surface area contributed by atoms with Gasteiger partial charge in [0.05, 0.1) is 0 Å². The molecule has 0 spiro atoms. The average Bonchev–Trinajstić information content (AvgIpc) is 2.50. The van der Waals surface area contributed by atoms with Crippen molar-refractivity contribution in [3.05, 3.63) is 91.6 Å². The van der Waals surface area contributed by atoms with Gasteiger partial charge in [0.2, 0.25) is 0 Å². The quantitative estimate of drug-likeness (QED) is 0.427. The minimum atomic E-state index is -1.02. The second-order valence-electron chi connectivity index (χ2n) is 4.66. The summed E-state index contributed by atoms with van der Waals surface area (Å²) in [6.07, 6.45) is 11.0. The maximum Gasteiger partial charge on any atom is 0.332 e. The Kier molecular flexibility index (Phi) is 6.15. The van der Waals surface area contributed by atoms with Gasteiger partial charge in [-0.15, -0.1) is 6.58 Å². The maximum atomic E-state index is 11.4. The lowest BCUT2D eigenvalue weighted by Crippen LogP contribution is -2.22. The molecule has 1 rings (SSSR count). The largest absolute Gasteiger partial charge is 0.478 e. The molecule has 1 atom stereocenters. The Morgan fingerprint density at radius 1 is 1.19 bits per heavy atom. The molecule has 1 unspecified atom stereocenters. The van der Waals surface area contributed by atoms with Crippen LogP contribution in [-0.2, 0) is 4.79 Å². The Labute approximate surface area is 126 Å². The van der Waals surface area contributed by atoms with Gasteiger partial charge in [-0.2, -0.15) is 0 Å². The van der Waals surface area contributed by atoms with Gasteiger partial charge in [-0.1, -0.05) is 79.9 Å². The van der Waals surface area contributed by atoms with Crippen LogP contribution in [0.1, 0.15) is 12.0 Å². The van der Waals surface area contributed by atoms with E-state index in [4.69, 9.17) is 0 Å². The maximum absolute atomic E-state index is 11.4. The molecule has 2 nitrogen and oxygen atoms in total. The molecule has 0 aliphatic carbocycles. The molecule has 0 aromatic heterocycles. The Morgan fingerprint density at radius 2 is 1.86 bits per heavy atom. The molecule has 21 heavy (non-hydrogen) atoms. The third-order valence-corrected chi connectivity index (χ3v) is 3.20. The van der Waals surface area contributed by atoms with Crippen LogP contribution in [0.25, 0.3) is 6.08 Å². The van der Waals surface area contributed by atoms with Gasteiger partial charge in [-0.05, 0) is 12.0 Å². The molecule has 0 bridgehead atoms. The van der Waals surface area contributed by atoms with Crippen molar-refractivity contribution < 1.29 is 9.90 Å². The van der Waals surface area contributed by atoms with Gasteiger partial charge in [0, 0.05) is 11.0 Å². The summed E-state index contributed by atoms with van der Waals surface area (Å²) < 4.78 is 0. The summed E-state index contributed by atoms with van der Waals surface area (Å²) in [5, 5.41) is 9.31. The zero-order valence-electron chi connectivity index (χ0n) is 12.0. The highest BCUT2D eigenvalue weighted by molar-refractivity contribution is 5.89. The van der Waals surface area contributed by atoms with Gasteiger partial charge in [0.25, 0.3) is 0 Å². The number of carbonyl (C=O) groups is 1. The Bertz CT molecular complexity index is 579. The van der Waals surface area contributed by atoms with Crippen molar-refractivity contribution in [3.63, 3.8) is 0 Å². The zero-order chi connectivity index (χ0) is 15.7. The lowest BCUT2D eigenvalue weighted by atomic mass is 9.76. The summed E-state index contributed by atoms with van der Waals surface area (Å²) >= 11 is 0. The number of rotatable bonds is 8. The predicted octanol–water partition coefficient (Wildman–Crippen LogP) is 4.65. The molecule has 0 saturated heterocycles. The van der Waals surface area contributed by atoms with Gasteiger partial charge in [-0.3, -0.25) is 0 Å². The van der Waals surface area contributed by atoms with Crippen molar-refractivity contribution >= 4 is 12.0 Å². The van der Waals surface area contributed by atoms with E-state index in [0.717, 1.165) is 5.56 Å². The van der Waals surface area contributed by atoms with Crippen LogP contribution in [0.3, 0.4) is 0 Å². The molecular formula is C19H20O2. The minimum absolute atomic E-state index is 0.104. The summed E-state index contributed by atoms with van der Waals surface area (Å²) in [4.78, 5) is 11.4. The van der Waals surface area contributed by atoms with Gasteiger partial charge >= 0.3 is 5.97 Å². The second-order valence-corrected chi connectivity index (χ2v) is 4.66. The van der Waals surface area contributed by atoms with Crippen LogP contribution >= 0.6 is 0 Å². The molecule has 108 valence electrons. The van der Waals surface area contributed by atoms with E-state index in [1.54, 1.807) is 24.3 Å². The Morgan fingerprint density at radius 3 is 2.38 bits per heavy atom. The van der Waals surface area contributed by atoms with Crippen LogP contribution in [0.15, 0.2) is 86.0 Å². The molecule has 0 aliphatic rings. The average molecular weight is 280 g/mol. The Balaban J connectivity index is 3.27.